The molecule has 1 atom stereocenters. The van der Waals surface area contributed by atoms with Crippen molar-refractivity contribution in [2.24, 2.45) is 0 Å². The fourth-order valence-electron chi connectivity index (χ4n) is 2.38. The van der Waals surface area contributed by atoms with Crippen molar-refractivity contribution in [3.05, 3.63) is 29.8 Å². The van der Waals surface area contributed by atoms with Gasteiger partial charge in [0.25, 0.3) is 0 Å². The summed E-state index contributed by atoms with van der Waals surface area (Å²) in [5, 5.41) is 19.8. The first kappa shape index (κ1) is 18.9. The number of benzene rings is 1. The van der Waals surface area contributed by atoms with Crippen LogP contribution < -0.4 is 4.74 Å². The number of hydrogen-bond acceptors (Lipinski definition) is 4. The van der Waals surface area contributed by atoms with Crippen LogP contribution in [-0.2, 0) is 5.41 Å². The Bertz CT molecular complexity index is 443. The molecule has 22 heavy (non-hydrogen) atoms. The second kappa shape index (κ2) is 7.44. The number of likely N-dealkylation sites (N-methyl/N-ethyl adjacent to an activating group) is 1. The van der Waals surface area contributed by atoms with Crippen LogP contribution >= 0.6 is 0 Å². The van der Waals surface area contributed by atoms with Crippen molar-refractivity contribution in [3.8, 4) is 5.75 Å². The Hall–Kier alpha value is -1.10. The molecule has 0 amide bonds. The molecule has 1 unspecified atom stereocenters. The van der Waals surface area contributed by atoms with Gasteiger partial charge in [0.1, 0.15) is 18.5 Å². The van der Waals surface area contributed by atoms with Crippen molar-refractivity contribution in [2.75, 3.05) is 26.7 Å². The molecule has 0 bridgehead atoms. The number of aliphatic hydroxyl groups excluding tert-OH is 1. The SMILES string of the molecule is CN(CC(O)COc1ccc(C(C)(C)C)cc1)CC(C)(C)O. The second-order valence-electron chi connectivity index (χ2n) is 7.75. The van der Waals surface area contributed by atoms with Gasteiger partial charge in [0.2, 0.25) is 0 Å². The van der Waals surface area contributed by atoms with Crippen LogP contribution in [0.25, 0.3) is 0 Å². The summed E-state index contributed by atoms with van der Waals surface area (Å²) in [5.41, 5.74) is 0.612. The first-order valence-electron chi connectivity index (χ1n) is 7.80. The van der Waals surface area contributed by atoms with Gasteiger partial charge in [-0.2, -0.15) is 0 Å². The molecule has 0 saturated heterocycles. The van der Waals surface area contributed by atoms with Gasteiger partial charge >= 0.3 is 0 Å². The summed E-state index contributed by atoms with van der Waals surface area (Å²) in [4.78, 5) is 1.90. The number of nitrogens with zero attached hydrogens (tertiary/aromatic N) is 1. The predicted octanol–water partition coefficient (Wildman–Crippen LogP) is 2.43. The predicted molar refractivity (Wildman–Crippen MR) is 90.4 cm³/mol. The zero-order chi connectivity index (χ0) is 17.0. The van der Waals surface area contributed by atoms with Crippen molar-refractivity contribution < 1.29 is 14.9 Å². The van der Waals surface area contributed by atoms with Crippen LogP contribution in [0, 0.1) is 0 Å². The van der Waals surface area contributed by atoms with Crippen LogP contribution in [0.2, 0.25) is 0 Å². The van der Waals surface area contributed by atoms with E-state index in [-0.39, 0.29) is 12.0 Å². The lowest BCUT2D eigenvalue weighted by Gasteiger charge is -2.27. The normalized spacial score (nSPS) is 14.2. The number of ether oxygens (including phenoxy) is 1. The molecule has 0 radical (unpaired) electrons. The third-order valence-electron chi connectivity index (χ3n) is 3.34. The van der Waals surface area contributed by atoms with Gasteiger partial charge in [-0.05, 0) is 44.0 Å². The van der Waals surface area contributed by atoms with Crippen LogP contribution in [0.3, 0.4) is 0 Å². The Morgan fingerprint density at radius 3 is 2.09 bits per heavy atom. The first-order chi connectivity index (χ1) is 9.97. The smallest absolute Gasteiger partial charge is 0.119 e. The molecule has 1 rings (SSSR count). The lowest BCUT2D eigenvalue weighted by molar-refractivity contribution is 0.0194. The summed E-state index contributed by atoms with van der Waals surface area (Å²) >= 11 is 0. The van der Waals surface area contributed by atoms with Crippen LogP contribution in [-0.4, -0.2) is 53.6 Å². The highest BCUT2D eigenvalue weighted by Crippen LogP contribution is 2.24. The van der Waals surface area contributed by atoms with Crippen LogP contribution in [0.15, 0.2) is 24.3 Å². The zero-order valence-corrected chi connectivity index (χ0v) is 14.8. The van der Waals surface area contributed by atoms with Gasteiger partial charge in [-0.25, -0.2) is 0 Å². The summed E-state index contributed by atoms with van der Waals surface area (Å²) in [6.45, 7) is 11.2. The van der Waals surface area contributed by atoms with E-state index in [0.717, 1.165) is 5.75 Å². The van der Waals surface area contributed by atoms with E-state index in [4.69, 9.17) is 4.74 Å². The average molecular weight is 309 g/mol. The minimum absolute atomic E-state index is 0.123. The summed E-state index contributed by atoms with van der Waals surface area (Å²) in [6.07, 6.45) is -0.588. The van der Waals surface area contributed by atoms with Crippen molar-refractivity contribution in [1.29, 1.82) is 0 Å². The highest BCUT2D eigenvalue weighted by Gasteiger charge is 2.18. The van der Waals surface area contributed by atoms with Crippen molar-refractivity contribution in [1.82, 2.24) is 4.90 Å². The Morgan fingerprint density at radius 1 is 1.09 bits per heavy atom. The lowest BCUT2D eigenvalue weighted by atomic mass is 9.87. The Balaban J connectivity index is 2.42. The highest BCUT2D eigenvalue weighted by molar-refractivity contribution is 5.31. The summed E-state index contributed by atoms with van der Waals surface area (Å²) in [5.74, 6) is 0.761. The summed E-state index contributed by atoms with van der Waals surface area (Å²) < 4.78 is 5.63. The number of rotatable bonds is 7. The first-order valence-corrected chi connectivity index (χ1v) is 7.80. The topological polar surface area (TPSA) is 52.9 Å². The molecule has 0 aliphatic heterocycles. The summed E-state index contributed by atoms with van der Waals surface area (Å²) in [7, 11) is 1.87. The Morgan fingerprint density at radius 2 is 1.64 bits per heavy atom. The minimum atomic E-state index is -0.766. The van der Waals surface area contributed by atoms with Gasteiger partial charge in [-0.3, -0.25) is 0 Å². The molecule has 0 aliphatic rings. The third kappa shape index (κ3) is 7.25. The molecule has 4 heteroatoms. The van der Waals surface area contributed by atoms with Gasteiger partial charge in [0.15, 0.2) is 0 Å². The highest BCUT2D eigenvalue weighted by atomic mass is 16.5. The molecule has 126 valence electrons. The van der Waals surface area contributed by atoms with E-state index < -0.39 is 11.7 Å². The Labute approximate surface area is 134 Å². The molecule has 0 spiro atoms. The van der Waals surface area contributed by atoms with E-state index in [2.05, 4.69) is 32.9 Å². The summed E-state index contributed by atoms with van der Waals surface area (Å²) in [6, 6.07) is 7.99. The number of aliphatic hydroxyl groups is 2. The van der Waals surface area contributed by atoms with Crippen molar-refractivity contribution in [2.45, 2.75) is 51.7 Å². The molecule has 0 aromatic heterocycles. The number of hydrogen-bond donors (Lipinski definition) is 2. The zero-order valence-electron chi connectivity index (χ0n) is 14.8. The van der Waals surface area contributed by atoms with E-state index in [1.165, 1.54) is 5.56 Å². The lowest BCUT2D eigenvalue weighted by Crippen LogP contribution is -2.41. The Kier molecular flexibility index (Phi) is 6.41. The quantitative estimate of drug-likeness (QED) is 0.812. The van der Waals surface area contributed by atoms with Crippen molar-refractivity contribution >= 4 is 0 Å². The van der Waals surface area contributed by atoms with Gasteiger partial charge < -0.3 is 19.8 Å². The molecular formula is C18H31NO3. The molecular weight excluding hydrogens is 278 g/mol. The second-order valence-corrected chi connectivity index (χ2v) is 7.75. The maximum Gasteiger partial charge on any atom is 0.119 e. The molecule has 0 aliphatic carbocycles. The van der Waals surface area contributed by atoms with E-state index in [9.17, 15) is 10.2 Å². The van der Waals surface area contributed by atoms with Crippen molar-refractivity contribution in [3.63, 3.8) is 0 Å². The van der Waals surface area contributed by atoms with E-state index in [1.54, 1.807) is 13.8 Å². The molecule has 0 saturated carbocycles. The van der Waals surface area contributed by atoms with Gasteiger partial charge in [0.05, 0.1) is 5.60 Å². The molecule has 0 fully saturated rings. The van der Waals surface area contributed by atoms with Crippen LogP contribution in [0.5, 0.6) is 5.75 Å². The standard InChI is InChI=1S/C18H31NO3/c1-17(2,3)14-7-9-16(10-8-14)22-12-15(20)11-19(6)13-18(4,5)21/h7-10,15,20-21H,11-13H2,1-6H3. The van der Waals surface area contributed by atoms with E-state index in [1.807, 2.05) is 24.1 Å². The van der Waals surface area contributed by atoms with Gasteiger partial charge in [-0.15, -0.1) is 0 Å². The monoisotopic (exact) mass is 309 g/mol. The molecule has 1 aromatic carbocycles. The molecule has 4 nitrogen and oxygen atoms in total. The maximum absolute atomic E-state index is 10.0. The van der Waals surface area contributed by atoms with Crippen LogP contribution in [0.4, 0.5) is 0 Å². The minimum Gasteiger partial charge on any atom is -0.491 e. The van der Waals surface area contributed by atoms with E-state index >= 15 is 0 Å². The average Bonchev–Trinajstić information content (AvgIpc) is 2.33. The molecule has 2 N–H and O–H groups in total. The van der Waals surface area contributed by atoms with Crippen LogP contribution in [0.1, 0.15) is 40.2 Å². The van der Waals surface area contributed by atoms with E-state index in [0.29, 0.717) is 13.1 Å². The fraction of sp³-hybridized carbons (Fsp3) is 0.667. The third-order valence-corrected chi connectivity index (χ3v) is 3.34. The van der Waals surface area contributed by atoms with Gasteiger partial charge in [-0.1, -0.05) is 32.9 Å². The molecule has 1 aromatic rings. The van der Waals surface area contributed by atoms with Gasteiger partial charge in [0, 0.05) is 13.1 Å². The molecule has 0 heterocycles. The largest absolute Gasteiger partial charge is 0.491 e. The fourth-order valence-corrected chi connectivity index (χ4v) is 2.38. The maximum atomic E-state index is 10.0.